The second-order valence-electron chi connectivity index (χ2n) is 6.37. The van der Waals surface area contributed by atoms with Gasteiger partial charge in [0.25, 0.3) is 0 Å². The van der Waals surface area contributed by atoms with E-state index in [1.807, 2.05) is 13.0 Å². The maximum atomic E-state index is 13.5. The first-order chi connectivity index (χ1) is 12.2. The van der Waals surface area contributed by atoms with E-state index in [9.17, 15) is 4.39 Å². The number of halogens is 2. The predicted octanol–water partition coefficient (Wildman–Crippen LogP) is 3.08. The number of hydrogen-bond acceptors (Lipinski definition) is 3. The molecule has 1 fully saturated rings. The molecule has 0 heterocycles. The first-order valence-electron chi connectivity index (χ1n) is 9.05. The zero-order chi connectivity index (χ0) is 18.0. The highest BCUT2D eigenvalue weighted by Gasteiger charge is 2.44. The molecule has 0 aliphatic heterocycles. The predicted molar refractivity (Wildman–Crippen MR) is 114 cm³/mol. The van der Waals surface area contributed by atoms with Crippen LogP contribution in [0.15, 0.2) is 29.3 Å². The molecule has 1 aliphatic rings. The Hall–Kier alpha value is -0.930. The van der Waals surface area contributed by atoms with Crippen LogP contribution < -0.4 is 10.6 Å². The Balaban J connectivity index is 0.00000338. The van der Waals surface area contributed by atoms with Gasteiger partial charge in [-0.15, -0.1) is 24.0 Å². The van der Waals surface area contributed by atoms with Crippen molar-refractivity contribution in [1.82, 2.24) is 10.6 Å². The van der Waals surface area contributed by atoms with Gasteiger partial charge in [-0.25, -0.2) is 4.39 Å². The summed E-state index contributed by atoms with van der Waals surface area (Å²) < 4.78 is 23.9. The molecular formula is C19H31FIN3O2. The van der Waals surface area contributed by atoms with E-state index in [2.05, 4.69) is 10.6 Å². The highest BCUT2D eigenvalue weighted by molar-refractivity contribution is 14.0. The fraction of sp³-hybridized carbons (Fsp3) is 0.632. The zero-order valence-electron chi connectivity index (χ0n) is 15.7. The van der Waals surface area contributed by atoms with Crippen LogP contribution in [0.25, 0.3) is 0 Å². The summed E-state index contributed by atoms with van der Waals surface area (Å²) in [4.78, 5) is 4.71. The van der Waals surface area contributed by atoms with Crippen LogP contribution in [0.2, 0.25) is 0 Å². The van der Waals surface area contributed by atoms with Crippen molar-refractivity contribution in [3.63, 3.8) is 0 Å². The monoisotopic (exact) mass is 479 g/mol. The van der Waals surface area contributed by atoms with Crippen molar-refractivity contribution < 1.29 is 13.9 Å². The SMILES string of the molecule is CCNC(=NCC1(c2cccc(F)c2)CC1)NCCCOCCOC.I. The van der Waals surface area contributed by atoms with E-state index in [1.54, 1.807) is 19.2 Å². The second-order valence-corrected chi connectivity index (χ2v) is 6.37. The van der Waals surface area contributed by atoms with Crippen LogP contribution in [0.3, 0.4) is 0 Å². The van der Waals surface area contributed by atoms with Crippen LogP contribution in [0.4, 0.5) is 4.39 Å². The summed E-state index contributed by atoms with van der Waals surface area (Å²) in [6.45, 7) is 6.28. The van der Waals surface area contributed by atoms with E-state index in [0.717, 1.165) is 43.9 Å². The average molecular weight is 479 g/mol. The van der Waals surface area contributed by atoms with E-state index in [0.29, 0.717) is 26.4 Å². The first kappa shape index (κ1) is 23.1. The first-order valence-corrected chi connectivity index (χ1v) is 9.05. The minimum Gasteiger partial charge on any atom is -0.382 e. The van der Waals surface area contributed by atoms with Crippen molar-refractivity contribution in [2.24, 2.45) is 4.99 Å². The molecule has 5 nitrogen and oxygen atoms in total. The quantitative estimate of drug-likeness (QED) is 0.222. The van der Waals surface area contributed by atoms with Gasteiger partial charge in [-0.1, -0.05) is 12.1 Å². The fourth-order valence-electron chi connectivity index (χ4n) is 2.70. The third kappa shape index (κ3) is 7.75. The molecule has 1 aromatic rings. The summed E-state index contributed by atoms with van der Waals surface area (Å²) in [5.41, 5.74) is 1.06. The van der Waals surface area contributed by atoms with Crippen LogP contribution in [-0.4, -0.2) is 52.5 Å². The number of methoxy groups -OCH3 is 1. The van der Waals surface area contributed by atoms with E-state index >= 15 is 0 Å². The van der Waals surface area contributed by atoms with Gasteiger partial charge in [0.2, 0.25) is 0 Å². The van der Waals surface area contributed by atoms with Crippen molar-refractivity contribution >= 4 is 29.9 Å². The summed E-state index contributed by atoms with van der Waals surface area (Å²) in [5.74, 6) is 0.633. The van der Waals surface area contributed by atoms with Crippen molar-refractivity contribution in [3.05, 3.63) is 35.6 Å². The maximum absolute atomic E-state index is 13.5. The number of guanidine groups is 1. The topological polar surface area (TPSA) is 54.9 Å². The number of benzene rings is 1. The van der Waals surface area contributed by atoms with Gasteiger partial charge in [-0.05, 0) is 43.9 Å². The zero-order valence-corrected chi connectivity index (χ0v) is 18.1. The largest absolute Gasteiger partial charge is 0.382 e. The van der Waals surface area contributed by atoms with Crippen LogP contribution in [0.1, 0.15) is 31.7 Å². The van der Waals surface area contributed by atoms with E-state index in [-0.39, 0.29) is 35.2 Å². The summed E-state index contributed by atoms with van der Waals surface area (Å²) in [6.07, 6.45) is 3.03. The number of nitrogens with zero attached hydrogens (tertiary/aromatic N) is 1. The fourth-order valence-corrected chi connectivity index (χ4v) is 2.70. The van der Waals surface area contributed by atoms with E-state index < -0.39 is 0 Å². The molecule has 0 bridgehead atoms. The molecule has 0 aromatic heterocycles. The summed E-state index contributed by atoms with van der Waals surface area (Å²) >= 11 is 0. The van der Waals surface area contributed by atoms with Gasteiger partial charge in [0.1, 0.15) is 5.82 Å². The molecule has 148 valence electrons. The average Bonchev–Trinajstić information content (AvgIpc) is 3.40. The number of ether oxygens (including phenoxy) is 2. The lowest BCUT2D eigenvalue weighted by atomic mass is 9.96. The Labute approximate surface area is 173 Å². The number of aliphatic imine (C=N–C) groups is 1. The van der Waals surface area contributed by atoms with Crippen molar-refractivity contribution in [1.29, 1.82) is 0 Å². The molecule has 0 atom stereocenters. The molecule has 2 N–H and O–H groups in total. The van der Waals surface area contributed by atoms with Gasteiger partial charge < -0.3 is 20.1 Å². The molecule has 7 heteroatoms. The van der Waals surface area contributed by atoms with Crippen molar-refractivity contribution in [2.45, 2.75) is 31.6 Å². The summed E-state index contributed by atoms with van der Waals surface area (Å²) in [6, 6.07) is 6.91. The van der Waals surface area contributed by atoms with Crippen LogP contribution in [-0.2, 0) is 14.9 Å². The molecule has 2 rings (SSSR count). The van der Waals surface area contributed by atoms with Crippen LogP contribution >= 0.6 is 24.0 Å². The Morgan fingerprint density at radius 3 is 2.69 bits per heavy atom. The molecule has 0 amide bonds. The Kier molecular flexibility index (Phi) is 11.1. The Bertz CT molecular complexity index is 553. The number of rotatable bonds is 11. The molecule has 0 spiro atoms. The van der Waals surface area contributed by atoms with Gasteiger partial charge in [0.15, 0.2) is 5.96 Å². The smallest absolute Gasteiger partial charge is 0.191 e. The normalized spacial score (nSPS) is 15.3. The van der Waals surface area contributed by atoms with Gasteiger partial charge in [0.05, 0.1) is 19.8 Å². The standard InChI is InChI=1S/C19H30FN3O2.HI/c1-3-21-18(22-10-5-11-25-13-12-24-2)23-15-19(8-9-19)16-6-4-7-17(20)14-16;/h4,6-7,14H,3,5,8-13,15H2,1-2H3,(H2,21,22,23);1H. The number of nitrogens with one attached hydrogen (secondary N) is 2. The molecule has 0 radical (unpaired) electrons. The minimum atomic E-state index is -0.175. The molecule has 1 aromatic carbocycles. The Morgan fingerprint density at radius 1 is 1.23 bits per heavy atom. The molecule has 1 aliphatic carbocycles. The molecule has 0 unspecified atom stereocenters. The lowest BCUT2D eigenvalue weighted by molar-refractivity contribution is 0.0698. The minimum absolute atomic E-state index is 0. The lowest BCUT2D eigenvalue weighted by Gasteiger charge is -2.16. The van der Waals surface area contributed by atoms with Crippen LogP contribution in [0.5, 0.6) is 0 Å². The van der Waals surface area contributed by atoms with Gasteiger partial charge in [0, 0.05) is 32.2 Å². The second kappa shape index (κ2) is 12.5. The number of hydrogen-bond donors (Lipinski definition) is 2. The maximum Gasteiger partial charge on any atom is 0.191 e. The van der Waals surface area contributed by atoms with Crippen molar-refractivity contribution in [2.75, 3.05) is 46.6 Å². The molecule has 1 saturated carbocycles. The van der Waals surface area contributed by atoms with Gasteiger partial charge in [-0.2, -0.15) is 0 Å². The lowest BCUT2D eigenvalue weighted by Crippen LogP contribution is -2.38. The molecular weight excluding hydrogens is 448 g/mol. The Morgan fingerprint density at radius 2 is 2.04 bits per heavy atom. The third-order valence-corrected chi connectivity index (χ3v) is 4.36. The molecule has 26 heavy (non-hydrogen) atoms. The van der Waals surface area contributed by atoms with Gasteiger partial charge in [-0.3, -0.25) is 4.99 Å². The highest BCUT2D eigenvalue weighted by Crippen LogP contribution is 2.48. The van der Waals surface area contributed by atoms with E-state index in [4.69, 9.17) is 14.5 Å². The molecule has 0 saturated heterocycles. The van der Waals surface area contributed by atoms with Crippen molar-refractivity contribution in [3.8, 4) is 0 Å². The van der Waals surface area contributed by atoms with Gasteiger partial charge >= 0.3 is 0 Å². The summed E-state index contributed by atoms with van der Waals surface area (Å²) in [5, 5.41) is 6.59. The summed E-state index contributed by atoms with van der Waals surface area (Å²) in [7, 11) is 1.67. The van der Waals surface area contributed by atoms with Crippen LogP contribution in [0, 0.1) is 5.82 Å². The third-order valence-electron chi connectivity index (χ3n) is 4.36. The van der Waals surface area contributed by atoms with E-state index in [1.165, 1.54) is 6.07 Å². The highest BCUT2D eigenvalue weighted by atomic mass is 127.